The van der Waals surface area contributed by atoms with Crippen LogP contribution in [0.5, 0.6) is 0 Å². The van der Waals surface area contributed by atoms with Gasteiger partial charge in [0.05, 0.1) is 13.2 Å². The van der Waals surface area contributed by atoms with Crippen molar-refractivity contribution in [3.05, 3.63) is 0 Å². The van der Waals surface area contributed by atoms with E-state index in [1.54, 1.807) is 13.8 Å². The van der Waals surface area contributed by atoms with Gasteiger partial charge in [-0.1, -0.05) is 26.2 Å². The number of aliphatic hydroxyl groups is 2. The standard InChI is InChI=1S/C6H14O.2C2H6O2.CH4O.Ti/c1-2-3-4-5-6-7;2*1-2-4-3;1-2;/h7H,2-6H2,1H3;2*3H,2H2,1H3;2H,1H3;. The normalized spacial score (nSPS) is 7.33. The summed E-state index contributed by atoms with van der Waals surface area (Å²) >= 11 is 0. The van der Waals surface area contributed by atoms with Crippen molar-refractivity contribution in [1.82, 2.24) is 0 Å². The maximum Gasteiger partial charge on any atom is 0.0791 e. The fourth-order valence-corrected chi connectivity index (χ4v) is 0.539. The van der Waals surface area contributed by atoms with Gasteiger partial charge in [0.25, 0.3) is 0 Å². The third-order valence-corrected chi connectivity index (χ3v) is 1.27. The van der Waals surface area contributed by atoms with E-state index in [1.807, 2.05) is 0 Å². The van der Waals surface area contributed by atoms with Gasteiger partial charge in [-0.25, -0.2) is 9.78 Å². The van der Waals surface area contributed by atoms with Crippen LogP contribution in [0.25, 0.3) is 0 Å². The molecule has 0 bridgehead atoms. The van der Waals surface area contributed by atoms with E-state index in [0.29, 0.717) is 19.8 Å². The average Bonchev–Trinajstić information content (AvgIpc) is 2.42. The van der Waals surface area contributed by atoms with E-state index in [9.17, 15) is 0 Å². The van der Waals surface area contributed by atoms with Gasteiger partial charge in [-0.3, -0.25) is 10.5 Å². The van der Waals surface area contributed by atoms with E-state index in [0.717, 1.165) is 13.5 Å². The van der Waals surface area contributed by atoms with Gasteiger partial charge in [-0.15, -0.1) is 0 Å². The first kappa shape index (κ1) is 31.1. The summed E-state index contributed by atoms with van der Waals surface area (Å²) in [6.45, 7) is 6.69. The van der Waals surface area contributed by atoms with Crippen molar-refractivity contribution >= 4 is 0 Å². The van der Waals surface area contributed by atoms with Crippen molar-refractivity contribution in [2.24, 2.45) is 0 Å². The second-order valence-corrected chi connectivity index (χ2v) is 2.62. The van der Waals surface area contributed by atoms with Crippen molar-refractivity contribution in [3.8, 4) is 0 Å². The van der Waals surface area contributed by atoms with Gasteiger partial charge in [0.2, 0.25) is 0 Å². The van der Waals surface area contributed by atoms with E-state index in [1.165, 1.54) is 19.3 Å². The molecule has 0 aromatic heterocycles. The summed E-state index contributed by atoms with van der Waals surface area (Å²) in [5, 5.41) is 30.0. The third-order valence-electron chi connectivity index (χ3n) is 1.27. The van der Waals surface area contributed by atoms with Crippen molar-refractivity contribution < 1.29 is 52.2 Å². The first-order valence-electron chi connectivity index (χ1n) is 5.83. The summed E-state index contributed by atoms with van der Waals surface area (Å²) < 4.78 is 0. The van der Waals surface area contributed by atoms with Gasteiger partial charge in [0, 0.05) is 35.4 Å². The Kier molecular flexibility index (Phi) is 91.2. The molecular weight excluding hydrogens is 276 g/mol. The summed E-state index contributed by atoms with van der Waals surface area (Å²) in [6.07, 6.45) is 4.68. The molecule has 0 saturated heterocycles. The summed E-state index contributed by atoms with van der Waals surface area (Å²) in [4.78, 5) is 7.08. The summed E-state index contributed by atoms with van der Waals surface area (Å²) in [6, 6.07) is 0. The molecule has 0 aromatic rings. The molecule has 0 fully saturated rings. The number of aliphatic hydroxyl groups excluding tert-OH is 2. The maximum atomic E-state index is 8.29. The van der Waals surface area contributed by atoms with E-state index < -0.39 is 0 Å². The van der Waals surface area contributed by atoms with Gasteiger partial charge in [-0.05, 0) is 20.3 Å². The molecule has 0 unspecified atom stereocenters. The first-order valence-corrected chi connectivity index (χ1v) is 5.83. The molecule has 6 nitrogen and oxygen atoms in total. The fourth-order valence-electron chi connectivity index (χ4n) is 0.539. The molecule has 18 heavy (non-hydrogen) atoms. The van der Waals surface area contributed by atoms with Gasteiger partial charge in [0.1, 0.15) is 0 Å². The maximum absolute atomic E-state index is 8.29. The molecule has 0 heterocycles. The van der Waals surface area contributed by atoms with Crippen LogP contribution < -0.4 is 0 Å². The predicted molar refractivity (Wildman–Crippen MR) is 67.9 cm³/mol. The van der Waals surface area contributed by atoms with Gasteiger partial charge in [0.15, 0.2) is 0 Å². The Morgan fingerprint density at radius 1 is 0.778 bits per heavy atom. The Labute approximate surface area is 126 Å². The summed E-state index contributed by atoms with van der Waals surface area (Å²) in [5.74, 6) is 0. The molecule has 7 heteroatoms. The Morgan fingerprint density at radius 3 is 1.28 bits per heavy atom. The van der Waals surface area contributed by atoms with Crippen LogP contribution in [-0.2, 0) is 31.5 Å². The van der Waals surface area contributed by atoms with E-state index in [-0.39, 0.29) is 21.7 Å². The molecular formula is C11H30O6Ti. The molecule has 114 valence electrons. The number of rotatable bonds is 6. The van der Waals surface area contributed by atoms with Crippen LogP contribution in [0.1, 0.15) is 46.5 Å². The largest absolute Gasteiger partial charge is 0.400 e. The van der Waals surface area contributed by atoms with E-state index in [4.69, 9.17) is 20.7 Å². The molecule has 0 aromatic carbocycles. The van der Waals surface area contributed by atoms with Gasteiger partial charge >= 0.3 is 0 Å². The zero-order valence-corrected chi connectivity index (χ0v) is 13.6. The van der Waals surface area contributed by atoms with Gasteiger partial charge in [-0.2, -0.15) is 0 Å². The molecule has 0 aliphatic rings. The van der Waals surface area contributed by atoms with Crippen molar-refractivity contribution in [2.45, 2.75) is 46.5 Å². The van der Waals surface area contributed by atoms with Crippen LogP contribution in [-0.4, -0.2) is 47.7 Å². The SMILES string of the molecule is CCCCCCO.CCOO.CCOO.CO.[Ti]. The molecule has 4 N–H and O–H groups in total. The molecule has 0 saturated carbocycles. The molecule has 0 radical (unpaired) electrons. The minimum atomic E-state index is 0. The van der Waals surface area contributed by atoms with Crippen LogP contribution in [0.4, 0.5) is 0 Å². The first-order chi connectivity index (χ1) is 8.24. The third kappa shape index (κ3) is 94.1. The van der Waals surface area contributed by atoms with Crippen molar-refractivity contribution in [1.29, 1.82) is 0 Å². The Hall–Kier alpha value is 0.474. The monoisotopic (exact) mass is 306 g/mol. The molecule has 0 atom stereocenters. The van der Waals surface area contributed by atoms with Crippen LogP contribution in [0.2, 0.25) is 0 Å². The molecule has 0 spiro atoms. The molecule has 0 aliphatic heterocycles. The molecule has 0 amide bonds. The minimum Gasteiger partial charge on any atom is -0.400 e. The van der Waals surface area contributed by atoms with Gasteiger partial charge < -0.3 is 10.2 Å². The number of unbranched alkanes of at least 4 members (excludes halogenated alkanes) is 3. The Morgan fingerprint density at radius 2 is 1.11 bits per heavy atom. The second kappa shape index (κ2) is 52.8. The van der Waals surface area contributed by atoms with Crippen LogP contribution in [0.3, 0.4) is 0 Å². The van der Waals surface area contributed by atoms with Crippen LogP contribution in [0, 0.1) is 0 Å². The smallest absolute Gasteiger partial charge is 0.0791 e. The van der Waals surface area contributed by atoms with Crippen LogP contribution in [0.15, 0.2) is 0 Å². The minimum absolute atomic E-state index is 0. The van der Waals surface area contributed by atoms with Crippen molar-refractivity contribution in [3.63, 3.8) is 0 Å². The summed E-state index contributed by atoms with van der Waals surface area (Å²) in [7, 11) is 1.00. The topological polar surface area (TPSA) is 99.4 Å². The second-order valence-electron chi connectivity index (χ2n) is 2.62. The fraction of sp³-hybridized carbons (Fsp3) is 1.00. The number of hydrogen-bond donors (Lipinski definition) is 4. The Bertz CT molecular complexity index is 66.6. The predicted octanol–water partition coefficient (Wildman–Crippen LogP) is 2.16. The van der Waals surface area contributed by atoms with Crippen LogP contribution >= 0.6 is 0 Å². The zero-order valence-electron chi connectivity index (χ0n) is 12.1. The quantitative estimate of drug-likeness (QED) is 0.260. The average molecular weight is 306 g/mol. The number of hydrogen-bond acceptors (Lipinski definition) is 6. The van der Waals surface area contributed by atoms with E-state index in [2.05, 4.69) is 16.7 Å². The zero-order chi connectivity index (χ0) is 14.4. The van der Waals surface area contributed by atoms with E-state index >= 15 is 0 Å². The molecule has 0 rings (SSSR count). The Balaban J connectivity index is -0.0000000449. The van der Waals surface area contributed by atoms with Crippen molar-refractivity contribution in [2.75, 3.05) is 26.9 Å². The molecule has 0 aliphatic carbocycles. The summed E-state index contributed by atoms with van der Waals surface area (Å²) in [5.41, 5.74) is 0.